The molecule has 0 spiro atoms. The minimum atomic E-state index is -0.0595. The first-order valence-corrected chi connectivity index (χ1v) is 7.10. The molecule has 0 unspecified atom stereocenters. The van der Waals surface area contributed by atoms with Crippen LogP contribution in [0.2, 0.25) is 0 Å². The number of nitrogens with one attached hydrogen (secondary N) is 1. The van der Waals surface area contributed by atoms with Gasteiger partial charge in [-0.3, -0.25) is 4.79 Å². The molecule has 2 aromatic heterocycles. The Hall–Kier alpha value is -2.15. The largest absolute Gasteiger partial charge is 0.358 e. The van der Waals surface area contributed by atoms with Crippen molar-refractivity contribution in [2.45, 2.75) is 5.16 Å². The number of aromatic nitrogens is 4. The van der Waals surface area contributed by atoms with Crippen molar-refractivity contribution in [1.82, 2.24) is 25.1 Å². The first-order chi connectivity index (χ1) is 9.70. The van der Waals surface area contributed by atoms with Crippen LogP contribution in [0.1, 0.15) is 0 Å². The average Bonchev–Trinajstić information content (AvgIpc) is 2.78. The van der Waals surface area contributed by atoms with Crippen LogP contribution < -0.4 is 5.32 Å². The Morgan fingerprint density at radius 2 is 2.15 bits per heavy atom. The quantitative estimate of drug-likeness (QED) is 0.736. The van der Waals surface area contributed by atoms with Crippen LogP contribution in [0.15, 0.2) is 29.4 Å². The molecule has 0 bridgehead atoms. The Labute approximate surface area is 119 Å². The summed E-state index contributed by atoms with van der Waals surface area (Å²) in [5.74, 6) is 0.226. The zero-order valence-electron chi connectivity index (χ0n) is 11.1. The fourth-order valence-electron chi connectivity index (χ4n) is 2.06. The van der Waals surface area contributed by atoms with Crippen molar-refractivity contribution >= 4 is 39.7 Å². The average molecular weight is 287 g/mol. The van der Waals surface area contributed by atoms with E-state index in [-0.39, 0.29) is 11.7 Å². The third-order valence-electron chi connectivity index (χ3n) is 3.10. The molecular weight excluding hydrogens is 274 g/mol. The lowest BCUT2D eigenvalue weighted by molar-refractivity contribution is -0.118. The highest BCUT2D eigenvalue weighted by Gasteiger charge is 2.12. The van der Waals surface area contributed by atoms with Crippen LogP contribution in [-0.4, -0.2) is 38.5 Å². The molecule has 1 amide bonds. The van der Waals surface area contributed by atoms with E-state index in [0.717, 1.165) is 22.1 Å². The van der Waals surface area contributed by atoms with Crippen LogP contribution in [0.4, 0.5) is 0 Å². The van der Waals surface area contributed by atoms with Crippen molar-refractivity contribution in [3.8, 4) is 0 Å². The van der Waals surface area contributed by atoms with Gasteiger partial charge < -0.3 is 9.88 Å². The second-order valence-corrected chi connectivity index (χ2v) is 5.25. The van der Waals surface area contributed by atoms with Crippen molar-refractivity contribution in [3.05, 3.63) is 24.3 Å². The van der Waals surface area contributed by atoms with Crippen LogP contribution in [0.3, 0.4) is 0 Å². The number of para-hydroxylation sites is 1. The monoisotopic (exact) mass is 287 g/mol. The number of hydrogen-bond donors (Lipinski definition) is 1. The van der Waals surface area contributed by atoms with Gasteiger partial charge in [-0.2, -0.15) is 0 Å². The van der Waals surface area contributed by atoms with Crippen molar-refractivity contribution in [3.63, 3.8) is 0 Å². The van der Waals surface area contributed by atoms with Gasteiger partial charge in [0.25, 0.3) is 0 Å². The second-order valence-electron chi connectivity index (χ2n) is 4.30. The highest BCUT2D eigenvalue weighted by atomic mass is 32.2. The molecule has 7 heteroatoms. The molecule has 0 aliphatic carbocycles. The van der Waals surface area contributed by atoms with Gasteiger partial charge in [-0.25, -0.2) is 4.98 Å². The lowest BCUT2D eigenvalue weighted by Crippen LogP contribution is -2.19. The molecule has 3 rings (SSSR count). The minimum Gasteiger partial charge on any atom is -0.358 e. The highest BCUT2D eigenvalue weighted by Crippen LogP contribution is 2.25. The van der Waals surface area contributed by atoms with Crippen molar-refractivity contribution in [1.29, 1.82) is 0 Å². The summed E-state index contributed by atoms with van der Waals surface area (Å²) in [7, 11) is 3.56. The summed E-state index contributed by atoms with van der Waals surface area (Å²) in [5.41, 5.74) is 2.63. The van der Waals surface area contributed by atoms with E-state index in [0.29, 0.717) is 5.16 Å². The van der Waals surface area contributed by atoms with Crippen LogP contribution in [0.25, 0.3) is 22.1 Å². The lowest BCUT2D eigenvalue weighted by atomic mass is 10.2. The topological polar surface area (TPSA) is 72.7 Å². The van der Waals surface area contributed by atoms with Gasteiger partial charge in [-0.05, 0) is 6.07 Å². The molecule has 0 fully saturated rings. The molecule has 1 aromatic carbocycles. The fraction of sp³-hybridized carbons (Fsp3) is 0.231. The highest BCUT2D eigenvalue weighted by molar-refractivity contribution is 7.99. The standard InChI is InChI=1S/C13H13N5OS/c1-14-10(19)7-20-13-15-12-11(16-17-13)8-5-3-4-6-9(8)18(12)2/h3-6H,7H2,1-2H3,(H,14,19). The van der Waals surface area contributed by atoms with Crippen LogP contribution >= 0.6 is 11.8 Å². The van der Waals surface area contributed by atoms with Crippen LogP contribution in [0.5, 0.6) is 0 Å². The van der Waals surface area contributed by atoms with Gasteiger partial charge in [0.15, 0.2) is 5.65 Å². The van der Waals surface area contributed by atoms with Crippen molar-refractivity contribution in [2.24, 2.45) is 7.05 Å². The third-order valence-corrected chi connectivity index (χ3v) is 3.94. The molecule has 102 valence electrons. The molecule has 1 N–H and O–H groups in total. The number of aryl methyl sites for hydroxylation is 1. The van der Waals surface area contributed by atoms with E-state index < -0.39 is 0 Å². The zero-order valence-corrected chi connectivity index (χ0v) is 11.9. The summed E-state index contributed by atoms with van der Waals surface area (Å²) in [6.45, 7) is 0. The summed E-state index contributed by atoms with van der Waals surface area (Å²) in [5, 5.41) is 12.4. The van der Waals surface area contributed by atoms with Gasteiger partial charge in [-0.15, -0.1) is 10.2 Å². The maximum atomic E-state index is 11.2. The first kappa shape index (κ1) is 12.9. The molecule has 2 heterocycles. The zero-order chi connectivity index (χ0) is 14.1. The maximum Gasteiger partial charge on any atom is 0.230 e. The molecule has 0 atom stereocenters. The number of fused-ring (bicyclic) bond motifs is 3. The predicted octanol–water partition coefficient (Wildman–Crippen LogP) is 1.35. The Morgan fingerprint density at radius 3 is 2.95 bits per heavy atom. The third kappa shape index (κ3) is 2.09. The summed E-state index contributed by atoms with van der Waals surface area (Å²) in [6.07, 6.45) is 0. The number of amides is 1. The van der Waals surface area contributed by atoms with Gasteiger partial charge in [0.1, 0.15) is 5.52 Å². The van der Waals surface area contributed by atoms with Crippen LogP contribution in [0, 0.1) is 0 Å². The SMILES string of the molecule is CNC(=O)CSc1nnc2c3ccccc3n(C)c2n1. The van der Waals surface area contributed by atoms with E-state index in [2.05, 4.69) is 20.5 Å². The summed E-state index contributed by atoms with van der Waals surface area (Å²) >= 11 is 1.28. The first-order valence-electron chi connectivity index (χ1n) is 6.12. The molecule has 0 saturated carbocycles. The smallest absolute Gasteiger partial charge is 0.230 e. The molecule has 0 radical (unpaired) electrons. The maximum absolute atomic E-state index is 11.2. The van der Waals surface area contributed by atoms with Crippen LogP contribution in [-0.2, 0) is 11.8 Å². The van der Waals surface area contributed by atoms with E-state index in [1.165, 1.54) is 11.8 Å². The molecular formula is C13H13N5OS. The molecule has 0 aliphatic rings. The number of rotatable bonds is 3. The minimum absolute atomic E-state index is 0.0595. The molecule has 3 aromatic rings. The lowest BCUT2D eigenvalue weighted by Gasteiger charge is -2.00. The summed E-state index contributed by atoms with van der Waals surface area (Å²) in [4.78, 5) is 15.7. The molecule has 0 saturated heterocycles. The fourth-order valence-corrected chi connectivity index (χ4v) is 2.71. The molecule has 6 nitrogen and oxygen atoms in total. The Balaban J connectivity index is 2.05. The van der Waals surface area contributed by atoms with E-state index in [1.54, 1.807) is 7.05 Å². The van der Waals surface area contributed by atoms with Gasteiger partial charge in [-0.1, -0.05) is 30.0 Å². The summed E-state index contributed by atoms with van der Waals surface area (Å²) < 4.78 is 1.99. The normalized spacial score (nSPS) is 11.1. The molecule has 0 aliphatic heterocycles. The number of carbonyl (C=O) groups is 1. The predicted molar refractivity (Wildman–Crippen MR) is 78.6 cm³/mol. The van der Waals surface area contributed by atoms with E-state index >= 15 is 0 Å². The summed E-state index contributed by atoms with van der Waals surface area (Å²) in [6, 6.07) is 7.98. The molecule has 20 heavy (non-hydrogen) atoms. The Bertz CT molecular complexity index is 798. The number of carbonyl (C=O) groups excluding carboxylic acids is 1. The number of nitrogens with zero attached hydrogens (tertiary/aromatic N) is 4. The van der Waals surface area contributed by atoms with Gasteiger partial charge in [0.2, 0.25) is 11.1 Å². The second kappa shape index (κ2) is 5.09. The Morgan fingerprint density at radius 1 is 1.35 bits per heavy atom. The van der Waals surface area contributed by atoms with Gasteiger partial charge in [0.05, 0.1) is 11.3 Å². The van der Waals surface area contributed by atoms with E-state index in [1.807, 2.05) is 35.9 Å². The Kier molecular flexibility index (Phi) is 3.27. The van der Waals surface area contributed by atoms with E-state index in [9.17, 15) is 4.79 Å². The van der Waals surface area contributed by atoms with Gasteiger partial charge >= 0.3 is 0 Å². The van der Waals surface area contributed by atoms with Crippen molar-refractivity contribution in [2.75, 3.05) is 12.8 Å². The van der Waals surface area contributed by atoms with Crippen molar-refractivity contribution < 1.29 is 4.79 Å². The number of hydrogen-bond acceptors (Lipinski definition) is 5. The number of thioether (sulfide) groups is 1. The van der Waals surface area contributed by atoms with E-state index in [4.69, 9.17) is 0 Å². The van der Waals surface area contributed by atoms with Gasteiger partial charge in [0, 0.05) is 19.5 Å². The number of benzene rings is 1.